The van der Waals surface area contributed by atoms with E-state index in [0.717, 1.165) is 5.69 Å². The van der Waals surface area contributed by atoms with Gasteiger partial charge in [-0.1, -0.05) is 30.4 Å². The molecule has 1 aliphatic rings. The van der Waals surface area contributed by atoms with Crippen LogP contribution in [0, 0.1) is 13.8 Å². The van der Waals surface area contributed by atoms with Crippen LogP contribution in [-0.4, -0.2) is 21.2 Å². The van der Waals surface area contributed by atoms with Gasteiger partial charge in [-0.3, -0.25) is 4.90 Å². The van der Waals surface area contributed by atoms with Crippen molar-refractivity contribution in [1.82, 2.24) is 9.47 Å². The van der Waals surface area contributed by atoms with E-state index in [9.17, 15) is 4.79 Å². The van der Waals surface area contributed by atoms with E-state index in [1.807, 2.05) is 32.9 Å². The maximum absolute atomic E-state index is 12.2. The van der Waals surface area contributed by atoms with Crippen LogP contribution >= 0.6 is 0 Å². The Morgan fingerprint density at radius 2 is 1.54 bits per heavy atom. The van der Waals surface area contributed by atoms with Gasteiger partial charge in [-0.2, -0.15) is 0 Å². The van der Waals surface area contributed by atoms with Crippen molar-refractivity contribution in [2.75, 3.05) is 0 Å². The van der Waals surface area contributed by atoms with Crippen LogP contribution in [0.1, 0.15) is 43.6 Å². The van der Waals surface area contributed by atoms with E-state index in [4.69, 9.17) is 4.74 Å². The largest absolute Gasteiger partial charge is 0.443 e. The van der Waals surface area contributed by atoms with Gasteiger partial charge in [0.05, 0.1) is 0 Å². The number of ether oxygens (including phenoxy) is 1. The SMILES string of the molecule is Cc1ccc(C)n1-c1ccccc1C1C=CN(C(=O)OC(C)(C)C)C=C1. The number of hydrogen-bond acceptors (Lipinski definition) is 2. The standard InChI is InChI=1S/C22H26N2O2/c1-16-10-11-17(2)24(16)20-9-7-6-8-19(20)18-12-14-23(15-13-18)21(25)26-22(3,4)5/h6-15,18H,1-5H3. The third kappa shape index (κ3) is 3.74. The molecule has 1 aromatic carbocycles. The van der Waals surface area contributed by atoms with Crippen molar-refractivity contribution >= 4 is 6.09 Å². The summed E-state index contributed by atoms with van der Waals surface area (Å²) in [5.41, 5.74) is 4.26. The molecule has 26 heavy (non-hydrogen) atoms. The molecule has 0 saturated heterocycles. The van der Waals surface area contributed by atoms with E-state index in [2.05, 4.69) is 54.8 Å². The zero-order valence-corrected chi connectivity index (χ0v) is 16.1. The lowest BCUT2D eigenvalue weighted by Gasteiger charge is -2.26. The zero-order valence-electron chi connectivity index (χ0n) is 16.1. The second-order valence-electron chi connectivity index (χ2n) is 7.61. The first-order valence-corrected chi connectivity index (χ1v) is 8.88. The van der Waals surface area contributed by atoms with Crippen molar-refractivity contribution in [3.63, 3.8) is 0 Å². The highest BCUT2D eigenvalue weighted by molar-refractivity contribution is 5.71. The number of hydrogen-bond donors (Lipinski definition) is 0. The fourth-order valence-electron chi connectivity index (χ4n) is 3.15. The molecule has 0 spiro atoms. The monoisotopic (exact) mass is 350 g/mol. The average molecular weight is 350 g/mol. The number of benzene rings is 1. The predicted octanol–water partition coefficient (Wildman–Crippen LogP) is 5.46. The second kappa shape index (κ2) is 6.87. The van der Waals surface area contributed by atoms with Gasteiger partial charge in [0, 0.05) is 35.4 Å². The Bertz CT molecular complexity index is 835. The molecular formula is C22H26N2O2. The smallest absolute Gasteiger partial charge is 0.418 e. The van der Waals surface area contributed by atoms with Gasteiger partial charge < -0.3 is 9.30 Å². The highest BCUT2D eigenvalue weighted by Gasteiger charge is 2.22. The zero-order chi connectivity index (χ0) is 18.9. The first kappa shape index (κ1) is 18.1. The predicted molar refractivity (Wildman–Crippen MR) is 104 cm³/mol. The van der Waals surface area contributed by atoms with Gasteiger partial charge in [-0.15, -0.1) is 0 Å². The average Bonchev–Trinajstić information content (AvgIpc) is 2.92. The molecule has 4 nitrogen and oxygen atoms in total. The van der Waals surface area contributed by atoms with Gasteiger partial charge >= 0.3 is 6.09 Å². The number of aryl methyl sites for hydroxylation is 2. The van der Waals surface area contributed by atoms with Crippen LogP contribution in [0.3, 0.4) is 0 Å². The summed E-state index contributed by atoms with van der Waals surface area (Å²) in [4.78, 5) is 13.7. The van der Waals surface area contributed by atoms with Crippen LogP contribution in [0.15, 0.2) is 61.0 Å². The quantitative estimate of drug-likeness (QED) is 0.721. The Hall–Kier alpha value is -2.75. The van der Waals surface area contributed by atoms with Crippen molar-refractivity contribution in [3.8, 4) is 5.69 Å². The van der Waals surface area contributed by atoms with Crippen LogP contribution in [-0.2, 0) is 4.74 Å². The molecule has 1 aromatic heterocycles. The number of amides is 1. The molecule has 4 heteroatoms. The van der Waals surface area contributed by atoms with Crippen LogP contribution in [0.2, 0.25) is 0 Å². The minimum Gasteiger partial charge on any atom is -0.443 e. The van der Waals surface area contributed by atoms with E-state index in [1.165, 1.54) is 21.9 Å². The Labute approximate surface area is 155 Å². The molecule has 0 atom stereocenters. The molecule has 0 bridgehead atoms. The summed E-state index contributed by atoms with van der Waals surface area (Å²) in [5.74, 6) is 0.103. The summed E-state index contributed by atoms with van der Waals surface area (Å²) in [6.45, 7) is 9.82. The normalized spacial score (nSPS) is 14.7. The number of nitrogens with zero attached hydrogens (tertiary/aromatic N) is 2. The minimum absolute atomic E-state index is 0.103. The van der Waals surface area contributed by atoms with E-state index >= 15 is 0 Å². The number of rotatable bonds is 2. The molecule has 136 valence electrons. The summed E-state index contributed by atoms with van der Waals surface area (Å²) in [5, 5.41) is 0. The van der Waals surface area contributed by atoms with Crippen LogP contribution in [0.4, 0.5) is 4.79 Å². The summed E-state index contributed by atoms with van der Waals surface area (Å²) < 4.78 is 7.67. The number of aromatic nitrogens is 1. The Balaban J connectivity index is 1.86. The maximum atomic E-state index is 12.2. The number of allylic oxidation sites excluding steroid dienone is 2. The Morgan fingerprint density at radius 3 is 2.12 bits per heavy atom. The van der Waals surface area contributed by atoms with E-state index in [-0.39, 0.29) is 12.0 Å². The van der Waals surface area contributed by atoms with Crippen molar-refractivity contribution in [2.45, 2.75) is 46.1 Å². The van der Waals surface area contributed by atoms with Gasteiger partial charge in [-0.05, 0) is 58.4 Å². The van der Waals surface area contributed by atoms with Crippen LogP contribution in [0.5, 0.6) is 0 Å². The van der Waals surface area contributed by atoms with Gasteiger partial charge in [-0.25, -0.2) is 4.79 Å². The van der Waals surface area contributed by atoms with E-state index in [1.54, 1.807) is 12.4 Å². The maximum Gasteiger partial charge on any atom is 0.418 e. The fourth-order valence-corrected chi connectivity index (χ4v) is 3.15. The lowest BCUT2D eigenvalue weighted by molar-refractivity contribution is 0.0397. The number of para-hydroxylation sites is 1. The molecule has 0 radical (unpaired) electrons. The summed E-state index contributed by atoms with van der Waals surface area (Å²) >= 11 is 0. The highest BCUT2D eigenvalue weighted by Crippen LogP contribution is 2.30. The first-order valence-electron chi connectivity index (χ1n) is 8.88. The molecular weight excluding hydrogens is 324 g/mol. The van der Waals surface area contributed by atoms with Gasteiger partial charge in [0.15, 0.2) is 0 Å². The molecule has 1 amide bonds. The summed E-state index contributed by atoms with van der Waals surface area (Å²) in [7, 11) is 0. The summed E-state index contributed by atoms with van der Waals surface area (Å²) in [6.07, 6.45) is 7.25. The number of carbonyl (C=O) groups excluding carboxylic acids is 1. The number of carbonyl (C=O) groups is 1. The van der Waals surface area contributed by atoms with Crippen molar-refractivity contribution in [3.05, 3.63) is 77.9 Å². The van der Waals surface area contributed by atoms with Crippen molar-refractivity contribution < 1.29 is 9.53 Å². The van der Waals surface area contributed by atoms with Gasteiger partial charge in [0.2, 0.25) is 0 Å². The topological polar surface area (TPSA) is 34.5 Å². The third-order valence-corrected chi connectivity index (χ3v) is 4.32. The lowest BCUT2D eigenvalue weighted by Crippen LogP contribution is -2.31. The molecule has 0 unspecified atom stereocenters. The van der Waals surface area contributed by atoms with Gasteiger partial charge in [0.1, 0.15) is 5.60 Å². The lowest BCUT2D eigenvalue weighted by atomic mass is 9.95. The van der Waals surface area contributed by atoms with Crippen LogP contribution < -0.4 is 0 Å². The van der Waals surface area contributed by atoms with Crippen molar-refractivity contribution in [2.24, 2.45) is 0 Å². The molecule has 3 rings (SSSR count). The van der Waals surface area contributed by atoms with Gasteiger partial charge in [0.25, 0.3) is 0 Å². The molecule has 0 fully saturated rings. The first-order chi connectivity index (χ1) is 12.3. The minimum atomic E-state index is -0.508. The van der Waals surface area contributed by atoms with Crippen LogP contribution in [0.25, 0.3) is 5.69 Å². The molecule has 0 N–H and O–H groups in total. The molecule has 0 aliphatic carbocycles. The van der Waals surface area contributed by atoms with E-state index < -0.39 is 5.60 Å². The Kier molecular flexibility index (Phi) is 4.77. The van der Waals surface area contributed by atoms with E-state index in [0.29, 0.717) is 0 Å². The third-order valence-electron chi connectivity index (χ3n) is 4.32. The fraction of sp³-hybridized carbons (Fsp3) is 0.318. The van der Waals surface area contributed by atoms with Crippen molar-refractivity contribution in [1.29, 1.82) is 0 Å². The highest BCUT2D eigenvalue weighted by atomic mass is 16.6. The molecule has 2 aromatic rings. The summed E-state index contributed by atoms with van der Waals surface area (Å²) in [6, 6.07) is 12.6. The molecule has 0 saturated carbocycles. The Morgan fingerprint density at radius 1 is 0.962 bits per heavy atom. The molecule has 1 aliphatic heterocycles. The second-order valence-corrected chi connectivity index (χ2v) is 7.61. The molecule has 2 heterocycles.